The summed E-state index contributed by atoms with van der Waals surface area (Å²) in [5.74, 6) is -1.43. The zero-order valence-electron chi connectivity index (χ0n) is 33.0. The van der Waals surface area contributed by atoms with Crippen LogP contribution in [0.15, 0.2) is 131 Å². The quantitative estimate of drug-likeness (QED) is 0.128. The maximum atomic E-state index is 13.4. The molecule has 4 aromatic heterocycles. The minimum absolute atomic E-state index is 0.122. The number of hydrogen-bond donors (Lipinski definition) is 2. The summed E-state index contributed by atoms with van der Waals surface area (Å²) < 4.78 is 29.4. The number of benzene rings is 4. The number of carbonyl (C=O) groups is 2. The fourth-order valence-corrected chi connectivity index (χ4v) is 6.79. The van der Waals surface area contributed by atoms with Crippen molar-refractivity contribution in [1.29, 1.82) is 0 Å². The highest BCUT2D eigenvalue weighted by molar-refractivity contribution is 6.07. The molecule has 0 aliphatic carbocycles. The Balaban J connectivity index is 0.000000181. The minimum Gasteiger partial charge on any atom is -0.350 e. The van der Waals surface area contributed by atoms with Crippen LogP contribution < -0.4 is 21.8 Å². The van der Waals surface area contributed by atoms with Crippen molar-refractivity contribution in [3.63, 3.8) is 0 Å². The van der Waals surface area contributed by atoms with Gasteiger partial charge in [-0.05, 0) is 113 Å². The number of Topliss-reactive ketones (excluding diaryl/α,β-unsaturated/α-hetero) is 2. The van der Waals surface area contributed by atoms with Gasteiger partial charge in [0.05, 0.1) is 27.8 Å². The molecule has 4 aromatic carbocycles. The predicted molar refractivity (Wildman–Crippen MR) is 229 cm³/mol. The zero-order chi connectivity index (χ0) is 42.5. The van der Waals surface area contributed by atoms with Gasteiger partial charge >= 0.3 is 0 Å². The summed E-state index contributed by atoms with van der Waals surface area (Å²) in [4.78, 5) is 60.2. The largest absolute Gasteiger partial charge is 0.350 e. The fraction of sp³-hybridized carbons (Fsp3) is 0.130. The van der Waals surface area contributed by atoms with Gasteiger partial charge < -0.3 is 10.6 Å². The Hall–Kier alpha value is -7.74. The Kier molecular flexibility index (Phi) is 11.7. The number of rotatable bonds is 10. The first kappa shape index (κ1) is 40.5. The molecule has 0 bridgehead atoms. The van der Waals surface area contributed by atoms with E-state index in [1.165, 1.54) is 59.6 Å². The zero-order valence-corrected chi connectivity index (χ0v) is 33.0. The second-order valence-electron chi connectivity index (χ2n) is 13.6. The molecule has 0 amide bonds. The van der Waals surface area contributed by atoms with Gasteiger partial charge in [-0.1, -0.05) is 24.3 Å². The summed E-state index contributed by atoms with van der Waals surface area (Å²) >= 11 is 0. The smallest absolute Gasteiger partial charge is 0.291 e. The number of aromatic nitrogens is 6. The number of hydrogen-bond acceptors (Lipinski definition) is 10. The molecule has 12 nitrogen and oxygen atoms in total. The van der Waals surface area contributed by atoms with E-state index < -0.39 is 22.8 Å². The van der Waals surface area contributed by atoms with E-state index in [4.69, 9.17) is 0 Å². The molecular formula is C46H38F2N8O4. The molecule has 0 saturated heterocycles. The molecule has 0 spiro atoms. The van der Waals surface area contributed by atoms with Crippen LogP contribution in [0.4, 0.5) is 31.5 Å². The predicted octanol–water partition coefficient (Wildman–Crippen LogP) is 9.13. The second-order valence-corrected chi connectivity index (χ2v) is 13.6. The number of aryl methyl sites for hydroxylation is 2. The molecule has 2 N–H and O–H groups in total. The summed E-state index contributed by atoms with van der Waals surface area (Å²) in [6.45, 7) is 6.98. The standard InChI is InChI=1S/2C23H19FN4O2/c1-3-28-23(30)22(26-19-8-4-7-18-17(19)6-5-13-25-18)20(14(2)29)21(27-28)15-9-11-16(24)12-10-15;1-3-28-23(30)22(26-18-8-4-6-15-7-5-13-25-20(15)18)19(14(2)29)21(27-28)16-9-11-17(24)12-10-16/h2*4-13,26H,3H2,1-2H3. The minimum atomic E-state index is -0.415. The van der Waals surface area contributed by atoms with Gasteiger partial charge in [0.15, 0.2) is 11.6 Å². The van der Waals surface area contributed by atoms with Crippen LogP contribution in [0.2, 0.25) is 0 Å². The second kappa shape index (κ2) is 17.4. The van der Waals surface area contributed by atoms with Crippen molar-refractivity contribution in [2.75, 3.05) is 10.6 Å². The number of pyridine rings is 2. The van der Waals surface area contributed by atoms with Gasteiger partial charge in [-0.3, -0.25) is 29.1 Å². The fourth-order valence-electron chi connectivity index (χ4n) is 6.79. The maximum absolute atomic E-state index is 13.4. The number of anilines is 4. The van der Waals surface area contributed by atoms with Crippen molar-refractivity contribution in [2.45, 2.75) is 40.8 Å². The van der Waals surface area contributed by atoms with E-state index in [0.717, 1.165) is 16.3 Å². The number of fused-ring (bicyclic) bond motifs is 2. The van der Waals surface area contributed by atoms with E-state index in [1.54, 1.807) is 50.5 Å². The van der Waals surface area contributed by atoms with Crippen molar-refractivity contribution < 1.29 is 18.4 Å². The summed E-state index contributed by atoms with van der Waals surface area (Å²) in [5, 5.41) is 16.8. The molecular weight excluding hydrogens is 767 g/mol. The first-order chi connectivity index (χ1) is 29.0. The van der Waals surface area contributed by atoms with E-state index in [-0.39, 0.29) is 34.1 Å². The topological polar surface area (TPSA) is 154 Å². The molecule has 60 heavy (non-hydrogen) atoms. The third kappa shape index (κ3) is 8.16. The average Bonchev–Trinajstić information content (AvgIpc) is 3.25. The highest BCUT2D eigenvalue weighted by Crippen LogP contribution is 2.32. The molecule has 0 saturated carbocycles. The Bertz CT molecular complexity index is 2820. The number of carbonyl (C=O) groups excluding carboxylic acids is 2. The molecule has 8 aromatic rings. The summed E-state index contributed by atoms with van der Waals surface area (Å²) in [7, 11) is 0. The molecule has 300 valence electrons. The van der Waals surface area contributed by atoms with Gasteiger partial charge in [-0.2, -0.15) is 10.2 Å². The summed E-state index contributed by atoms with van der Waals surface area (Å²) in [6, 6.07) is 29.9. The lowest BCUT2D eigenvalue weighted by Crippen LogP contribution is -2.28. The normalized spacial score (nSPS) is 10.9. The van der Waals surface area contributed by atoms with Crippen LogP contribution in [0.25, 0.3) is 44.3 Å². The molecule has 0 radical (unpaired) electrons. The first-order valence-electron chi connectivity index (χ1n) is 19.0. The lowest BCUT2D eigenvalue weighted by atomic mass is 10.0. The molecule has 0 atom stereocenters. The van der Waals surface area contributed by atoms with Crippen molar-refractivity contribution in [2.24, 2.45) is 0 Å². The Labute approximate surface area is 342 Å². The lowest BCUT2D eigenvalue weighted by molar-refractivity contribution is 0.101. The van der Waals surface area contributed by atoms with E-state index in [1.807, 2.05) is 48.5 Å². The third-order valence-electron chi connectivity index (χ3n) is 9.65. The Morgan fingerprint density at radius 1 is 0.583 bits per heavy atom. The number of para-hydroxylation sites is 1. The van der Waals surface area contributed by atoms with Crippen LogP contribution in [0.1, 0.15) is 48.4 Å². The number of ketones is 2. The number of nitrogens with zero attached hydrogens (tertiary/aromatic N) is 6. The van der Waals surface area contributed by atoms with E-state index in [9.17, 15) is 28.0 Å². The monoisotopic (exact) mass is 804 g/mol. The van der Waals surface area contributed by atoms with Gasteiger partial charge in [0.25, 0.3) is 11.1 Å². The van der Waals surface area contributed by atoms with Gasteiger partial charge in [0.1, 0.15) is 34.4 Å². The molecule has 0 unspecified atom stereocenters. The molecule has 8 rings (SSSR count). The first-order valence-corrected chi connectivity index (χ1v) is 19.0. The Morgan fingerprint density at radius 2 is 1.05 bits per heavy atom. The van der Waals surface area contributed by atoms with Crippen LogP contribution in [-0.2, 0) is 13.1 Å². The van der Waals surface area contributed by atoms with Crippen molar-refractivity contribution >= 4 is 56.1 Å². The van der Waals surface area contributed by atoms with Crippen LogP contribution in [-0.4, -0.2) is 41.1 Å². The van der Waals surface area contributed by atoms with Crippen molar-refractivity contribution in [3.05, 3.63) is 165 Å². The molecule has 14 heteroatoms. The van der Waals surface area contributed by atoms with Crippen LogP contribution >= 0.6 is 0 Å². The summed E-state index contributed by atoms with van der Waals surface area (Å²) in [5.41, 5.74) is 4.18. The molecule has 4 heterocycles. The lowest BCUT2D eigenvalue weighted by Gasteiger charge is -2.17. The maximum Gasteiger partial charge on any atom is 0.291 e. The molecule has 0 aliphatic heterocycles. The van der Waals surface area contributed by atoms with E-state index in [2.05, 4.69) is 30.8 Å². The van der Waals surface area contributed by atoms with Crippen LogP contribution in [0.5, 0.6) is 0 Å². The van der Waals surface area contributed by atoms with Gasteiger partial charge in [0.2, 0.25) is 0 Å². The number of halogens is 2. The SMILES string of the molecule is CCn1nc(-c2ccc(F)cc2)c(C(C)=O)c(Nc2cccc3cccnc23)c1=O.CCn1nc(-c2ccc(F)cc2)c(C(C)=O)c(Nc2cccc3ncccc23)c1=O. The molecule has 0 fully saturated rings. The van der Waals surface area contributed by atoms with Crippen LogP contribution in [0, 0.1) is 11.6 Å². The van der Waals surface area contributed by atoms with E-state index >= 15 is 0 Å². The van der Waals surface area contributed by atoms with Gasteiger partial charge in [-0.15, -0.1) is 0 Å². The average molecular weight is 805 g/mol. The molecule has 0 aliphatic rings. The van der Waals surface area contributed by atoms with Gasteiger partial charge in [-0.25, -0.2) is 18.1 Å². The van der Waals surface area contributed by atoms with E-state index in [0.29, 0.717) is 52.5 Å². The van der Waals surface area contributed by atoms with Gasteiger partial charge in [0, 0.05) is 53.1 Å². The Morgan fingerprint density at radius 3 is 1.58 bits per heavy atom. The highest BCUT2D eigenvalue weighted by atomic mass is 19.1. The van der Waals surface area contributed by atoms with Crippen LogP contribution in [0.3, 0.4) is 0 Å². The van der Waals surface area contributed by atoms with Crippen molar-refractivity contribution in [1.82, 2.24) is 29.5 Å². The number of nitrogens with one attached hydrogen (secondary N) is 2. The van der Waals surface area contributed by atoms with Crippen molar-refractivity contribution in [3.8, 4) is 22.5 Å². The third-order valence-corrected chi connectivity index (χ3v) is 9.65. The highest BCUT2D eigenvalue weighted by Gasteiger charge is 2.24. The summed E-state index contributed by atoms with van der Waals surface area (Å²) in [6.07, 6.45) is 3.36.